The summed E-state index contributed by atoms with van der Waals surface area (Å²) in [6.07, 6.45) is 0. The van der Waals surface area contributed by atoms with E-state index in [1.807, 2.05) is 67.7 Å². The van der Waals surface area contributed by atoms with E-state index in [1.54, 1.807) is 5.06 Å². The maximum atomic E-state index is 10.1. The summed E-state index contributed by atoms with van der Waals surface area (Å²) in [4.78, 5) is 5.36. The molecule has 0 saturated carbocycles. The molecular formula is C16H15NO2. The highest BCUT2D eigenvalue weighted by Crippen LogP contribution is 2.41. The van der Waals surface area contributed by atoms with Gasteiger partial charge in [0, 0.05) is 7.05 Å². The van der Waals surface area contributed by atoms with Gasteiger partial charge in [-0.2, -0.15) is 0 Å². The van der Waals surface area contributed by atoms with Gasteiger partial charge < -0.3 is 9.94 Å². The van der Waals surface area contributed by atoms with Gasteiger partial charge in [-0.05, 0) is 11.1 Å². The van der Waals surface area contributed by atoms with Crippen LogP contribution in [0.4, 0.5) is 0 Å². The molecule has 0 aromatic heterocycles. The van der Waals surface area contributed by atoms with E-state index in [0.717, 1.165) is 16.7 Å². The Morgan fingerprint density at radius 2 is 1.53 bits per heavy atom. The fourth-order valence-corrected chi connectivity index (χ4v) is 2.45. The first-order chi connectivity index (χ1) is 9.27. The predicted molar refractivity (Wildman–Crippen MR) is 74.0 cm³/mol. The summed E-state index contributed by atoms with van der Waals surface area (Å²) >= 11 is 0. The topological polar surface area (TPSA) is 32.7 Å². The smallest absolute Gasteiger partial charge is 0.303 e. The normalized spacial score (nSPS) is 19.5. The third-order valence-corrected chi connectivity index (χ3v) is 3.30. The average Bonchev–Trinajstić information content (AvgIpc) is 2.75. The number of hydrogen-bond donors (Lipinski definition) is 1. The third-order valence-electron chi connectivity index (χ3n) is 3.30. The van der Waals surface area contributed by atoms with Gasteiger partial charge in [0.25, 0.3) is 0 Å². The van der Waals surface area contributed by atoms with Gasteiger partial charge >= 0.3 is 5.95 Å². The van der Waals surface area contributed by atoms with E-state index >= 15 is 0 Å². The Morgan fingerprint density at radius 3 is 2.16 bits per heavy atom. The van der Waals surface area contributed by atoms with Crippen LogP contribution in [0.5, 0.6) is 0 Å². The number of aliphatic hydroxyl groups is 1. The van der Waals surface area contributed by atoms with Crippen LogP contribution in [0.3, 0.4) is 0 Å². The summed E-state index contributed by atoms with van der Waals surface area (Å²) in [5.41, 5.74) is 2.86. The number of nitrogens with zero attached hydrogens (tertiary/aromatic N) is 1. The van der Waals surface area contributed by atoms with Gasteiger partial charge in [0.2, 0.25) is 0 Å². The van der Waals surface area contributed by atoms with Crippen LogP contribution in [0, 0.1) is 0 Å². The standard InChI is InChI=1S/C16H15NO2/c1-17-15(13-10-6-3-7-11-13)14(16(18)19-17)12-8-4-2-5-9-12/h2-11,15,18H,1H3. The fraction of sp³-hybridized carbons (Fsp3) is 0.125. The molecular weight excluding hydrogens is 238 g/mol. The van der Waals surface area contributed by atoms with Gasteiger partial charge in [0.05, 0.1) is 5.57 Å². The molecule has 19 heavy (non-hydrogen) atoms. The minimum atomic E-state index is -0.0939. The molecule has 0 spiro atoms. The summed E-state index contributed by atoms with van der Waals surface area (Å²) in [6.45, 7) is 0. The molecule has 0 amide bonds. The maximum absolute atomic E-state index is 10.1. The minimum Gasteiger partial charge on any atom is -0.480 e. The van der Waals surface area contributed by atoms with E-state index < -0.39 is 0 Å². The van der Waals surface area contributed by atoms with Crippen LogP contribution in [-0.2, 0) is 4.84 Å². The number of aliphatic hydroxyl groups excluding tert-OH is 1. The Labute approximate surface area is 112 Å². The van der Waals surface area contributed by atoms with Crippen molar-refractivity contribution in [2.24, 2.45) is 0 Å². The molecule has 1 unspecified atom stereocenters. The lowest BCUT2D eigenvalue weighted by molar-refractivity contribution is -0.130. The Bertz CT molecular complexity index is 593. The number of rotatable bonds is 2. The summed E-state index contributed by atoms with van der Waals surface area (Å²) in [7, 11) is 1.82. The highest BCUT2D eigenvalue weighted by atomic mass is 16.8. The lowest BCUT2D eigenvalue weighted by atomic mass is 9.94. The van der Waals surface area contributed by atoms with Crippen molar-refractivity contribution >= 4 is 5.57 Å². The lowest BCUT2D eigenvalue weighted by Crippen LogP contribution is -2.18. The van der Waals surface area contributed by atoms with Crippen molar-refractivity contribution in [3.8, 4) is 0 Å². The first-order valence-electron chi connectivity index (χ1n) is 6.21. The molecule has 3 heteroatoms. The Morgan fingerprint density at radius 1 is 0.947 bits per heavy atom. The van der Waals surface area contributed by atoms with Crippen molar-refractivity contribution < 1.29 is 9.94 Å². The second kappa shape index (κ2) is 4.78. The van der Waals surface area contributed by atoms with Crippen molar-refractivity contribution in [2.75, 3.05) is 7.05 Å². The van der Waals surface area contributed by atoms with Crippen LogP contribution in [0.15, 0.2) is 66.6 Å². The minimum absolute atomic E-state index is 0.0254. The van der Waals surface area contributed by atoms with Crippen LogP contribution >= 0.6 is 0 Å². The van der Waals surface area contributed by atoms with Crippen molar-refractivity contribution in [1.82, 2.24) is 5.06 Å². The monoisotopic (exact) mass is 253 g/mol. The maximum Gasteiger partial charge on any atom is 0.303 e. The molecule has 96 valence electrons. The van der Waals surface area contributed by atoms with Crippen molar-refractivity contribution in [3.05, 3.63) is 77.7 Å². The predicted octanol–water partition coefficient (Wildman–Crippen LogP) is 3.53. The first-order valence-corrected chi connectivity index (χ1v) is 6.21. The molecule has 2 aromatic carbocycles. The van der Waals surface area contributed by atoms with Gasteiger partial charge in [-0.3, -0.25) is 0 Å². The van der Waals surface area contributed by atoms with E-state index in [2.05, 4.69) is 0 Å². The van der Waals surface area contributed by atoms with Gasteiger partial charge in [-0.1, -0.05) is 60.7 Å². The van der Waals surface area contributed by atoms with Crippen molar-refractivity contribution in [3.63, 3.8) is 0 Å². The largest absolute Gasteiger partial charge is 0.480 e. The zero-order valence-corrected chi connectivity index (χ0v) is 10.7. The summed E-state index contributed by atoms with van der Waals surface area (Å²) in [6, 6.07) is 19.7. The van der Waals surface area contributed by atoms with Crippen LogP contribution in [-0.4, -0.2) is 17.2 Å². The van der Waals surface area contributed by atoms with Crippen LogP contribution < -0.4 is 0 Å². The molecule has 1 N–H and O–H groups in total. The molecule has 1 atom stereocenters. The van der Waals surface area contributed by atoms with Crippen LogP contribution in [0.2, 0.25) is 0 Å². The molecule has 0 fully saturated rings. The second-order valence-corrected chi connectivity index (χ2v) is 4.54. The zero-order valence-electron chi connectivity index (χ0n) is 10.7. The van der Waals surface area contributed by atoms with E-state index in [9.17, 15) is 5.11 Å². The zero-order chi connectivity index (χ0) is 13.2. The highest BCUT2D eigenvalue weighted by molar-refractivity contribution is 5.72. The molecule has 3 nitrogen and oxygen atoms in total. The number of benzene rings is 2. The molecule has 1 heterocycles. The highest BCUT2D eigenvalue weighted by Gasteiger charge is 2.34. The lowest BCUT2D eigenvalue weighted by Gasteiger charge is -2.20. The second-order valence-electron chi connectivity index (χ2n) is 4.54. The Hall–Kier alpha value is -2.26. The van der Waals surface area contributed by atoms with E-state index in [1.165, 1.54) is 0 Å². The van der Waals surface area contributed by atoms with Crippen molar-refractivity contribution in [2.45, 2.75) is 6.04 Å². The summed E-state index contributed by atoms with van der Waals surface area (Å²) in [5.74, 6) is -0.0254. The molecule has 0 aliphatic carbocycles. The Kier molecular flexibility index (Phi) is 2.97. The van der Waals surface area contributed by atoms with Crippen molar-refractivity contribution in [1.29, 1.82) is 0 Å². The van der Waals surface area contributed by atoms with Crippen LogP contribution in [0.25, 0.3) is 5.57 Å². The fourth-order valence-electron chi connectivity index (χ4n) is 2.45. The first kappa shape index (κ1) is 11.8. The summed E-state index contributed by atoms with van der Waals surface area (Å²) < 4.78 is 0. The number of hydroxylamine groups is 2. The van der Waals surface area contributed by atoms with Gasteiger partial charge in [-0.25, -0.2) is 0 Å². The molecule has 0 bridgehead atoms. The van der Waals surface area contributed by atoms with E-state index in [0.29, 0.717) is 0 Å². The molecule has 2 aromatic rings. The quantitative estimate of drug-likeness (QED) is 0.888. The average molecular weight is 253 g/mol. The molecule has 0 radical (unpaired) electrons. The number of hydrogen-bond acceptors (Lipinski definition) is 3. The van der Waals surface area contributed by atoms with Crippen LogP contribution in [0.1, 0.15) is 17.2 Å². The van der Waals surface area contributed by atoms with E-state index in [4.69, 9.17) is 4.84 Å². The molecule has 1 aliphatic rings. The van der Waals surface area contributed by atoms with Gasteiger partial charge in [0.15, 0.2) is 0 Å². The summed E-state index contributed by atoms with van der Waals surface area (Å²) in [5, 5.41) is 11.7. The molecule has 1 aliphatic heterocycles. The van der Waals surface area contributed by atoms with E-state index in [-0.39, 0.29) is 12.0 Å². The van der Waals surface area contributed by atoms with Gasteiger partial charge in [-0.15, -0.1) is 5.06 Å². The SMILES string of the molecule is CN1OC(O)=C(c2ccccc2)C1c1ccccc1. The number of likely N-dealkylation sites (N-methyl/N-ethyl adjacent to an activating group) is 1. The molecule has 0 saturated heterocycles. The third kappa shape index (κ3) is 2.09. The Balaban J connectivity index is 2.08. The van der Waals surface area contributed by atoms with Gasteiger partial charge in [0.1, 0.15) is 6.04 Å². The molecule has 3 rings (SSSR count).